The van der Waals surface area contributed by atoms with Crippen molar-refractivity contribution in [1.82, 2.24) is 15.1 Å². The molecule has 1 saturated carbocycles. The van der Waals surface area contributed by atoms with Crippen molar-refractivity contribution >= 4 is 5.91 Å². The van der Waals surface area contributed by atoms with Gasteiger partial charge in [0, 0.05) is 50.9 Å². The van der Waals surface area contributed by atoms with E-state index in [1.807, 2.05) is 29.2 Å². The third-order valence-corrected chi connectivity index (χ3v) is 6.05. The summed E-state index contributed by atoms with van der Waals surface area (Å²) in [6.07, 6.45) is 7.51. The Labute approximate surface area is 156 Å². The van der Waals surface area contributed by atoms with Crippen molar-refractivity contribution < 1.29 is 9.53 Å². The molecule has 26 heavy (non-hydrogen) atoms. The molecule has 3 aliphatic rings. The first-order chi connectivity index (χ1) is 12.8. The number of rotatable bonds is 4. The summed E-state index contributed by atoms with van der Waals surface area (Å²) < 4.78 is 6.14. The molecule has 0 radical (unpaired) electrons. The molecule has 1 aromatic rings. The summed E-state index contributed by atoms with van der Waals surface area (Å²) >= 11 is 0. The Kier molecular flexibility index (Phi) is 5.75. The second-order valence-corrected chi connectivity index (χ2v) is 7.89. The molecule has 0 aromatic heterocycles. The van der Waals surface area contributed by atoms with Gasteiger partial charge in [-0.15, -0.1) is 0 Å². The van der Waals surface area contributed by atoms with Crippen LogP contribution in [0.2, 0.25) is 0 Å². The standard InChI is InChI=1S/C21H31N3O2/c25-21(24-12-9-18(16-24)23-13-10-22-11-14-23)17-5-4-8-20(15-17)26-19-6-2-1-3-7-19/h4-5,8,15,18-19,22H,1-3,6-7,9-14,16H2. The second kappa shape index (κ2) is 8.40. The van der Waals surface area contributed by atoms with Crippen molar-refractivity contribution in [3.8, 4) is 5.75 Å². The minimum Gasteiger partial charge on any atom is -0.490 e. The summed E-state index contributed by atoms with van der Waals surface area (Å²) in [5, 5.41) is 3.40. The van der Waals surface area contributed by atoms with E-state index in [0.717, 1.165) is 69.8 Å². The number of carbonyl (C=O) groups is 1. The van der Waals surface area contributed by atoms with Gasteiger partial charge in [-0.3, -0.25) is 9.69 Å². The number of piperazine rings is 1. The average molecular weight is 357 g/mol. The number of nitrogens with zero attached hydrogens (tertiary/aromatic N) is 2. The van der Waals surface area contributed by atoms with Gasteiger partial charge in [0.1, 0.15) is 5.75 Å². The van der Waals surface area contributed by atoms with E-state index >= 15 is 0 Å². The maximum absolute atomic E-state index is 13.0. The number of nitrogens with one attached hydrogen (secondary N) is 1. The molecular weight excluding hydrogens is 326 g/mol. The maximum atomic E-state index is 13.0. The highest BCUT2D eigenvalue weighted by molar-refractivity contribution is 5.94. The van der Waals surface area contributed by atoms with E-state index in [2.05, 4.69) is 10.2 Å². The first-order valence-electron chi connectivity index (χ1n) is 10.3. The van der Waals surface area contributed by atoms with Crippen molar-refractivity contribution in [3.63, 3.8) is 0 Å². The lowest BCUT2D eigenvalue weighted by Gasteiger charge is -2.32. The monoisotopic (exact) mass is 357 g/mol. The molecule has 1 unspecified atom stereocenters. The van der Waals surface area contributed by atoms with E-state index in [1.54, 1.807) is 0 Å². The predicted octanol–water partition coefficient (Wildman–Crippen LogP) is 2.52. The van der Waals surface area contributed by atoms with Crippen LogP contribution < -0.4 is 10.1 Å². The van der Waals surface area contributed by atoms with Crippen molar-refractivity contribution in [2.45, 2.75) is 50.7 Å². The van der Waals surface area contributed by atoms with Crippen molar-refractivity contribution in [3.05, 3.63) is 29.8 Å². The lowest BCUT2D eigenvalue weighted by atomic mass is 9.98. The van der Waals surface area contributed by atoms with Crippen LogP contribution in [0, 0.1) is 0 Å². The highest BCUT2D eigenvalue weighted by Crippen LogP contribution is 2.25. The Morgan fingerprint density at radius 2 is 1.85 bits per heavy atom. The Hall–Kier alpha value is -1.59. The maximum Gasteiger partial charge on any atom is 0.254 e. The van der Waals surface area contributed by atoms with Gasteiger partial charge < -0.3 is 15.0 Å². The van der Waals surface area contributed by atoms with E-state index in [0.29, 0.717) is 12.1 Å². The Morgan fingerprint density at radius 3 is 2.65 bits per heavy atom. The zero-order valence-electron chi connectivity index (χ0n) is 15.7. The first-order valence-corrected chi connectivity index (χ1v) is 10.3. The van der Waals surface area contributed by atoms with Gasteiger partial charge >= 0.3 is 0 Å². The smallest absolute Gasteiger partial charge is 0.254 e. The predicted molar refractivity (Wildman–Crippen MR) is 103 cm³/mol. The van der Waals surface area contributed by atoms with E-state index in [9.17, 15) is 4.79 Å². The summed E-state index contributed by atoms with van der Waals surface area (Å²) in [7, 11) is 0. The third-order valence-electron chi connectivity index (χ3n) is 6.05. The Balaban J connectivity index is 1.36. The molecule has 0 spiro atoms. The molecule has 1 aromatic carbocycles. The highest BCUT2D eigenvalue weighted by atomic mass is 16.5. The van der Waals surface area contributed by atoms with Crippen molar-refractivity contribution in [2.24, 2.45) is 0 Å². The van der Waals surface area contributed by atoms with Gasteiger partial charge in [-0.05, 0) is 50.3 Å². The fourth-order valence-electron chi connectivity index (χ4n) is 4.53. The molecule has 142 valence electrons. The summed E-state index contributed by atoms with van der Waals surface area (Å²) in [5.74, 6) is 0.998. The fourth-order valence-corrected chi connectivity index (χ4v) is 4.53. The summed E-state index contributed by atoms with van der Waals surface area (Å²) in [6.45, 7) is 6.03. The van der Waals surface area contributed by atoms with Gasteiger partial charge in [0.15, 0.2) is 0 Å². The van der Waals surface area contributed by atoms with Crippen LogP contribution >= 0.6 is 0 Å². The van der Waals surface area contributed by atoms with Crippen LogP contribution in [0.25, 0.3) is 0 Å². The summed E-state index contributed by atoms with van der Waals surface area (Å²) in [4.78, 5) is 17.5. The molecule has 4 rings (SSSR count). The van der Waals surface area contributed by atoms with Crippen molar-refractivity contribution in [1.29, 1.82) is 0 Å². The molecule has 1 aliphatic carbocycles. The van der Waals surface area contributed by atoms with Crippen LogP contribution in [0.1, 0.15) is 48.9 Å². The molecule has 3 fully saturated rings. The summed E-state index contributed by atoms with van der Waals surface area (Å²) in [5.41, 5.74) is 0.763. The van der Waals surface area contributed by atoms with Crippen LogP contribution in [0.3, 0.4) is 0 Å². The quantitative estimate of drug-likeness (QED) is 0.899. The van der Waals surface area contributed by atoms with Gasteiger partial charge in [-0.1, -0.05) is 12.5 Å². The SMILES string of the molecule is O=C(c1cccc(OC2CCCCC2)c1)N1CCC(N2CCNCC2)C1. The zero-order valence-corrected chi connectivity index (χ0v) is 15.7. The average Bonchev–Trinajstić information content (AvgIpc) is 3.19. The largest absolute Gasteiger partial charge is 0.490 e. The van der Waals surface area contributed by atoms with Crippen LogP contribution in [-0.2, 0) is 0 Å². The molecule has 1 N–H and O–H groups in total. The number of benzene rings is 1. The molecule has 2 heterocycles. The molecule has 2 aliphatic heterocycles. The molecule has 1 amide bonds. The van der Waals surface area contributed by atoms with Crippen LogP contribution in [0.4, 0.5) is 0 Å². The molecular formula is C21H31N3O2. The van der Waals surface area contributed by atoms with Gasteiger partial charge in [0.2, 0.25) is 0 Å². The lowest BCUT2D eigenvalue weighted by Crippen LogP contribution is -2.49. The normalized spacial score (nSPS) is 25.4. The Bertz CT molecular complexity index is 609. The second-order valence-electron chi connectivity index (χ2n) is 7.89. The van der Waals surface area contributed by atoms with Crippen LogP contribution in [-0.4, -0.2) is 67.1 Å². The fraction of sp³-hybridized carbons (Fsp3) is 0.667. The number of carbonyl (C=O) groups excluding carboxylic acids is 1. The van der Waals surface area contributed by atoms with Gasteiger partial charge in [0.25, 0.3) is 5.91 Å². The van der Waals surface area contributed by atoms with E-state index in [1.165, 1.54) is 19.3 Å². The Morgan fingerprint density at radius 1 is 1.04 bits per heavy atom. The number of hydrogen-bond donors (Lipinski definition) is 1. The molecule has 1 atom stereocenters. The lowest BCUT2D eigenvalue weighted by molar-refractivity contribution is 0.0772. The molecule has 5 heteroatoms. The summed E-state index contributed by atoms with van der Waals surface area (Å²) in [6, 6.07) is 8.32. The number of likely N-dealkylation sites (tertiary alicyclic amines) is 1. The molecule has 5 nitrogen and oxygen atoms in total. The minimum absolute atomic E-state index is 0.150. The number of hydrogen-bond acceptors (Lipinski definition) is 4. The van der Waals surface area contributed by atoms with Gasteiger partial charge in [-0.2, -0.15) is 0 Å². The van der Waals surface area contributed by atoms with Crippen LogP contribution in [0.15, 0.2) is 24.3 Å². The van der Waals surface area contributed by atoms with E-state index in [4.69, 9.17) is 4.74 Å². The minimum atomic E-state index is 0.150. The molecule has 0 bridgehead atoms. The van der Waals surface area contributed by atoms with Gasteiger partial charge in [0.05, 0.1) is 6.10 Å². The topological polar surface area (TPSA) is 44.8 Å². The first kappa shape index (κ1) is 17.8. The van der Waals surface area contributed by atoms with Crippen molar-refractivity contribution in [2.75, 3.05) is 39.3 Å². The van der Waals surface area contributed by atoms with Gasteiger partial charge in [-0.25, -0.2) is 0 Å². The third kappa shape index (κ3) is 4.21. The van der Waals surface area contributed by atoms with E-state index < -0.39 is 0 Å². The highest BCUT2D eigenvalue weighted by Gasteiger charge is 2.31. The molecule has 2 saturated heterocycles. The number of ether oxygens (including phenoxy) is 1. The zero-order chi connectivity index (χ0) is 17.8. The van der Waals surface area contributed by atoms with Crippen LogP contribution in [0.5, 0.6) is 5.75 Å². The van der Waals surface area contributed by atoms with E-state index in [-0.39, 0.29) is 5.91 Å². The number of amides is 1.